The number of halogens is 1. The highest BCUT2D eigenvalue weighted by atomic mass is 19.1. The molecule has 1 atom stereocenters. The third kappa shape index (κ3) is 4.00. The molecule has 1 aliphatic heterocycles. The maximum Gasteiger partial charge on any atom is 0.239 e. The van der Waals surface area contributed by atoms with Crippen molar-refractivity contribution in [3.8, 4) is 0 Å². The molecular weight excluding hydrogens is 319 g/mol. The van der Waals surface area contributed by atoms with Gasteiger partial charge >= 0.3 is 0 Å². The Morgan fingerprint density at radius 3 is 2.80 bits per heavy atom. The molecule has 2 aromatic rings. The molecule has 1 aromatic carbocycles. The summed E-state index contributed by atoms with van der Waals surface area (Å²) in [5, 5.41) is 0. The Kier molecular flexibility index (Phi) is 5.68. The van der Waals surface area contributed by atoms with Crippen LogP contribution in [-0.2, 0) is 11.2 Å². The summed E-state index contributed by atoms with van der Waals surface area (Å²) >= 11 is 0. The zero-order valence-corrected chi connectivity index (χ0v) is 15.1. The van der Waals surface area contributed by atoms with Gasteiger partial charge in [-0.1, -0.05) is 6.92 Å². The van der Waals surface area contributed by atoms with Gasteiger partial charge in [0.25, 0.3) is 0 Å². The smallest absolute Gasteiger partial charge is 0.239 e. The molecule has 1 amide bonds. The molecule has 2 heterocycles. The molecule has 1 aliphatic rings. The molecule has 5 nitrogen and oxygen atoms in total. The van der Waals surface area contributed by atoms with E-state index in [1.54, 1.807) is 6.07 Å². The summed E-state index contributed by atoms with van der Waals surface area (Å²) in [7, 11) is 0. The van der Waals surface area contributed by atoms with Crippen molar-refractivity contribution in [3.63, 3.8) is 0 Å². The van der Waals surface area contributed by atoms with Gasteiger partial charge in [-0.05, 0) is 57.5 Å². The van der Waals surface area contributed by atoms with Gasteiger partial charge in [0, 0.05) is 19.5 Å². The number of rotatable bonds is 7. The topological polar surface area (TPSA) is 52.2 Å². The Morgan fingerprint density at radius 2 is 2.12 bits per heavy atom. The Bertz CT molecular complexity index is 723. The van der Waals surface area contributed by atoms with E-state index in [9.17, 15) is 9.18 Å². The lowest BCUT2D eigenvalue weighted by atomic mass is 10.1. The lowest BCUT2D eigenvalue weighted by Gasteiger charge is -2.31. The van der Waals surface area contributed by atoms with Crippen molar-refractivity contribution in [1.82, 2.24) is 19.8 Å². The first-order valence-corrected chi connectivity index (χ1v) is 9.29. The third-order valence-electron chi connectivity index (χ3n) is 5.06. The summed E-state index contributed by atoms with van der Waals surface area (Å²) in [6.45, 7) is 7.47. The van der Waals surface area contributed by atoms with Crippen molar-refractivity contribution >= 4 is 16.9 Å². The Morgan fingerprint density at radius 1 is 1.36 bits per heavy atom. The molecule has 1 fully saturated rings. The van der Waals surface area contributed by atoms with E-state index in [0.29, 0.717) is 25.0 Å². The Labute approximate surface area is 148 Å². The molecule has 1 saturated heterocycles. The van der Waals surface area contributed by atoms with Crippen LogP contribution in [0.4, 0.5) is 4.39 Å². The maximum absolute atomic E-state index is 13.3. The number of nitrogens with zero attached hydrogens (tertiary/aromatic N) is 3. The van der Waals surface area contributed by atoms with E-state index in [1.807, 2.05) is 11.8 Å². The number of carbonyl (C=O) groups excluding carboxylic acids is 1. The number of aromatic nitrogens is 2. The zero-order valence-electron chi connectivity index (χ0n) is 15.1. The standard InChI is InChI=1S/C19H27FN4O/c1-3-17(24-10-5-6-11-24)19(25)23(4-2)12-9-18-21-15-8-7-14(20)13-16(15)22-18/h7-8,13,17H,3-6,9-12H2,1-2H3,(H,21,22)/t17-/m1/s1. The van der Waals surface area contributed by atoms with Crippen molar-refractivity contribution in [3.05, 3.63) is 29.8 Å². The molecule has 0 unspecified atom stereocenters. The van der Waals surface area contributed by atoms with E-state index in [2.05, 4.69) is 21.8 Å². The van der Waals surface area contributed by atoms with Gasteiger partial charge in [0.15, 0.2) is 0 Å². The van der Waals surface area contributed by atoms with E-state index in [0.717, 1.165) is 30.9 Å². The Hall–Kier alpha value is -1.95. The Balaban J connectivity index is 1.65. The van der Waals surface area contributed by atoms with E-state index in [-0.39, 0.29) is 17.8 Å². The van der Waals surface area contributed by atoms with Crippen LogP contribution in [-0.4, -0.2) is 57.9 Å². The highest BCUT2D eigenvalue weighted by Crippen LogP contribution is 2.17. The highest BCUT2D eigenvalue weighted by Gasteiger charge is 2.29. The van der Waals surface area contributed by atoms with Crippen LogP contribution in [0.25, 0.3) is 11.0 Å². The summed E-state index contributed by atoms with van der Waals surface area (Å²) in [5.74, 6) is 0.736. The van der Waals surface area contributed by atoms with Crippen molar-refractivity contribution < 1.29 is 9.18 Å². The van der Waals surface area contributed by atoms with Gasteiger partial charge < -0.3 is 9.88 Å². The quantitative estimate of drug-likeness (QED) is 0.839. The van der Waals surface area contributed by atoms with E-state index >= 15 is 0 Å². The average Bonchev–Trinajstić information content (AvgIpc) is 3.25. The van der Waals surface area contributed by atoms with Crippen LogP contribution in [0.3, 0.4) is 0 Å². The van der Waals surface area contributed by atoms with Gasteiger partial charge in [-0.3, -0.25) is 9.69 Å². The van der Waals surface area contributed by atoms with Gasteiger partial charge in [0.05, 0.1) is 17.1 Å². The zero-order chi connectivity index (χ0) is 17.8. The van der Waals surface area contributed by atoms with Gasteiger partial charge in [-0.25, -0.2) is 9.37 Å². The molecule has 0 aliphatic carbocycles. The average molecular weight is 346 g/mol. The fraction of sp³-hybridized carbons (Fsp3) is 0.579. The van der Waals surface area contributed by atoms with Crippen molar-refractivity contribution in [2.45, 2.75) is 45.6 Å². The molecular formula is C19H27FN4O. The number of carbonyl (C=O) groups is 1. The number of nitrogens with one attached hydrogen (secondary N) is 1. The molecule has 0 bridgehead atoms. The number of hydrogen-bond acceptors (Lipinski definition) is 3. The number of amides is 1. The number of aromatic amines is 1. The number of benzene rings is 1. The van der Waals surface area contributed by atoms with Crippen LogP contribution in [0, 0.1) is 5.82 Å². The van der Waals surface area contributed by atoms with E-state index in [4.69, 9.17) is 0 Å². The second-order valence-corrected chi connectivity index (χ2v) is 6.68. The maximum atomic E-state index is 13.3. The molecule has 0 radical (unpaired) electrons. The molecule has 3 rings (SSSR count). The van der Waals surface area contributed by atoms with Crippen LogP contribution in [0.15, 0.2) is 18.2 Å². The second kappa shape index (κ2) is 7.95. The number of H-pyrrole nitrogens is 1. The molecule has 1 aromatic heterocycles. The van der Waals surface area contributed by atoms with Crippen LogP contribution in [0.5, 0.6) is 0 Å². The lowest BCUT2D eigenvalue weighted by Crippen LogP contribution is -2.48. The predicted octanol–water partition coefficient (Wildman–Crippen LogP) is 2.97. The summed E-state index contributed by atoms with van der Waals surface area (Å²) in [4.78, 5) is 24.8. The first-order chi connectivity index (χ1) is 12.1. The molecule has 0 spiro atoms. The number of hydrogen-bond donors (Lipinski definition) is 1. The summed E-state index contributed by atoms with van der Waals surface area (Å²) in [5.41, 5.74) is 1.46. The normalized spacial score (nSPS) is 16.4. The number of likely N-dealkylation sites (tertiary alicyclic amines) is 1. The van der Waals surface area contributed by atoms with E-state index in [1.165, 1.54) is 25.0 Å². The minimum atomic E-state index is -0.274. The van der Waals surface area contributed by atoms with Crippen LogP contribution in [0.1, 0.15) is 38.9 Å². The predicted molar refractivity (Wildman–Crippen MR) is 96.9 cm³/mol. The molecule has 25 heavy (non-hydrogen) atoms. The van der Waals surface area contributed by atoms with Crippen molar-refractivity contribution in [2.24, 2.45) is 0 Å². The summed E-state index contributed by atoms with van der Waals surface area (Å²) in [6.07, 6.45) is 3.86. The van der Waals surface area contributed by atoms with Crippen molar-refractivity contribution in [2.75, 3.05) is 26.2 Å². The number of likely N-dealkylation sites (N-methyl/N-ethyl adjacent to an activating group) is 1. The highest BCUT2D eigenvalue weighted by molar-refractivity contribution is 5.82. The second-order valence-electron chi connectivity index (χ2n) is 6.68. The molecule has 0 saturated carbocycles. The first-order valence-electron chi connectivity index (χ1n) is 9.29. The lowest BCUT2D eigenvalue weighted by molar-refractivity contribution is -0.136. The van der Waals surface area contributed by atoms with Gasteiger partial charge in [0.2, 0.25) is 5.91 Å². The third-order valence-corrected chi connectivity index (χ3v) is 5.06. The minimum absolute atomic E-state index is 0.00720. The fourth-order valence-corrected chi connectivity index (χ4v) is 3.67. The van der Waals surface area contributed by atoms with Gasteiger partial charge in [-0.15, -0.1) is 0 Å². The molecule has 1 N–H and O–H groups in total. The molecule has 136 valence electrons. The van der Waals surface area contributed by atoms with Gasteiger partial charge in [-0.2, -0.15) is 0 Å². The van der Waals surface area contributed by atoms with E-state index < -0.39 is 0 Å². The SMILES string of the molecule is CC[C@H](C(=O)N(CC)CCc1nc2ccc(F)cc2[nH]1)N1CCCC1. The monoisotopic (exact) mass is 346 g/mol. The largest absolute Gasteiger partial charge is 0.342 e. The summed E-state index contributed by atoms with van der Waals surface area (Å²) in [6, 6.07) is 4.53. The first kappa shape index (κ1) is 17.9. The molecule has 6 heteroatoms. The van der Waals surface area contributed by atoms with Crippen LogP contribution < -0.4 is 0 Å². The van der Waals surface area contributed by atoms with Crippen LogP contribution >= 0.6 is 0 Å². The minimum Gasteiger partial charge on any atom is -0.342 e. The number of fused-ring (bicyclic) bond motifs is 1. The van der Waals surface area contributed by atoms with Gasteiger partial charge in [0.1, 0.15) is 11.6 Å². The number of imidazole rings is 1. The summed E-state index contributed by atoms with van der Waals surface area (Å²) < 4.78 is 13.3. The van der Waals surface area contributed by atoms with Crippen LogP contribution in [0.2, 0.25) is 0 Å². The van der Waals surface area contributed by atoms with Crippen molar-refractivity contribution in [1.29, 1.82) is 0 Å². The fourth-order valence-electron chi connectivity index (χ4n) is 3.67.